The van der Waals surface area contributed by atoms with Gasteiger partial charge in [0.05, 0.1) is 0 Å². The van der Waals surface area contributed by atoms with Crippen molar-refractivity contribution in [2.45, 2.75) is 32.6 Å². The van der Waals surface area contributed by atoms with Gasteiger partial charge in [-0.1, -0.05) is 62.4 Å². The quantitative estimate of drug-likeness (QED) is 0.387. The lowest BCUT2D eigenvalue weighted by Gasteiger charge is -2.39. The molecule has 3 heteroatoms. The van der Waals surface area contributed by atoms with E-state index in [-0.39, 0.29) is 17.1 Å². The number of rotatable bonds is 1. The Bertz CT molecular complexity index is 1370. The molecule has 1 aliphatic heterocycles. The molecule has 1 aromatic heterocycles. The summed E-state index contributed by atoms with van der Waals surface area (Å²) in [7, 11) is 0. The van der Waals surface area contributed by atoms with Gasteiger partial charge < -0.3 is 10.3 Å². The molecule has 0 amide bonds. The maximum absolute atomic E-state index is 13.5. The molecule has 2 N–H and O–H groups in total. The molecule has 30 heavy (non-hydrogen) atoms. The third-order valence-corrected chi connectivity index (χ3v) is 6.69. The lowest BCUT2D eigenvalue weighted by Crippen LogP contribution is -2.33. The van der Waals surface area contributed by atoms with Crippen LogP contribution in [0.3, 0.4) is 0 Å². The second kappa shape index (κ2) is 6.09. The smallest absolute Gasteiger partial charge is 0.162 e. The molecule has 148 valence electrons. The number of allylic oxidation sites excluding steroid dienone is 2. The number of hydrogen-bond acceptors (Lipinski definition) is 2. The van der Waals surface area contributed by atoms with Gasteiger partial charge in [0.1, 0.15) is 0 Å². The Labute approximate surface area is 175 Å². The molecule has 0 saturated heterocycles. The number of hydrogen-bond donors (Lipinski definition) is 2. The minimum Gasteiger partial charge on any atom is -0.361 e. The Morgan fingerprint density at radius 2 is 1.67 bits per heavy atom. The number of nitrogens with one attached hydrogen (secondary N) is 2. The average molecular weight is 393 g/mol. The lowest BCUT2D eigenvalue weighted by atomic mass is 9.68. The van der Waals surface area contributed by atoms with Crippen LogP contribution < -0.4 is 5.32 Å². The van der Waals surface area contributed by atoms with Gasteiger partial charge >= 0.3 is 0 Å². The van der Waals surface area contributed by atoms with E-state index in [1.807, 2.05) is 6.07 Å². The van der Waals surface area contributed by atoms with Crippen LogP contribution >= 0.6 is 0 Å². The number of Topliss-reactive ketones (excluding diaryl/α,β-unsaturated/α-hetero) is 1. The highest BCUT2D eigenvalue weighted by molar-refractivity contribution is 6.05. The molecule has 3 aromatic carbocycles. The van der Waals surface area contributed by atoms with Crippen molar-refractivity contribution in [1.29, 1.82) is 0 Å². The van der Waals surface area contributed by atoms with Crippen LogP contribution in [0.2, 0.25) is 0 Å². The molecule has 1 atom stereocenters. The van der Waals surface area contributed by atoms with Crippen LogP contribution in [0.4, 0.5) is 5.69 Å². The SMILES string of the molecule is CC1(C)CC(=O)C2=C(C1)Nc1ccc3ccccc3c1C2c1c[nH]c2ccccc12. The predicted octanol–water partition coefficient (Wildman–Crippen LogP) is 6.52. The van der Waals surface area contributed by atoms with Gasteiger partial charge in [-0.05, 0) is 45.9 Å². The number of aromatic nitrogens is 1. The second-order valence-electron chi connectivity index (χ2n) is 9.43. The fourth-order valence-electron chi connectivity index (χ4n) is 5.45. The fourth-order valence-corrected chi connectivity index (χ4v) is 5.45. The van der Waals surface area contributed by atoms with Gasteiger partial charge in [-0.2, -0.15) is 0 Å². The van der Waals surface area contributed by atoms with Gasteiger partial charge in [0.2, 0.25) is 0 Å². The van der Waals surface area contributed by atoms with Gasteiger partial charge in [-0.3, -0.25) is 4.79 Å². The Morgan fingerprint density at radius 3 is 2.53 bits per heavy atom. The third-order valence-electron chi connectivity index (χ3n) is 6.69. The third kappa shape index (κ3) is 2.48. The summed E-state index contributed by atoms with van der Waals surface area (Å²) in [5.41, 5.74) is 6.64. The molecule has 2 aliphatic rings. The summed E-state index contributed by atoms with van der Waals surface area (Å²) in [5.74, 6) is 0.199. The number of aromatic amines is 1. The van der Waals surface area contributed by atoms with Gasteiger partial charge in [0.15, 0.2) is 5.78 Å². The molecule has 0 spiro atoms. The van der Waals surface area contributed by atoms with Crippen LogP contribution in [-0.4, -0.2) is 10.8 Å². The molecule has 1 aliphatic carbocycles. The van der Waals surface area contributed by atoms with Gasteiger partial charge in [-0.15, -0.1) is 0 Å². The Hall–Kier alpha value is -3.33. The molecular formula is C27H24N2O. The molecule has 1 unspecified atom stereocenters. The van der Waals surface area contributed by atoms with Crippen LogP contribution in [0.1, 0.15) is 43.7 Å². The zero-order chi connectivity index (χ0) is 20.5. The zero-order valence-corrected chi connectivity index (χ0v) is 17.3. The summed E-state index contributed by atoms with van der Waals surface area (Å²) in [4.78, 5) is 17.0. The number of ketones is 1. The summed E-state index contributed by atoms with van der Waals surface area (Å²) in [5, 5.41) is 7.27. The van der Waals surface area contributed by atoms with Crippen LogP contribution in [-0.2, 0) is 4.79 Å². The number of carbonyl (C=O) groups is 1. The van der Waals surface area contributed by atoms with E-state index in [9.17, 15) is 4.79 Å². The van der Waals surface area contributed by atoms with Crippen molar-refractivity contribution in [3.05, 3.63) is 89.3 Å². The first-order valence-electron chi connectivity index (χ1n) is 10.6. The summed E-state index contributed by atoms with van der Waals surface area (Å²) in [6.45, 7) is 4.37. The molecule has 4 aromatic rings. The molecule has 0 saturated carbocycles. The van der Waals surface area contributed by atoms with Crippen molar-refractivity contribution in [3.8, 4) is 0 Å². The first-order chi connectivity index (χ1) is 14.5. The fraction of sp³-hybridized carbons (Fsp3) is 0.222. The molecular weight excluding hydrogens is 368 g/mol. The maximum atomic E-state index is 13.5. The van der Waals surface area contributed by atoms with E-state index in [0.29, 0.717) is 6.42 Å². The van der Waals surface area contributed by atoms with E-state index in [1.54, 1.807) is 0 Å². The number of H-pyrrole nitrogens is 1. The molecule has 0 radical (unpaired) electrons. The van der Waals surface area contributed by atoms with E-state index in [4.69, 9.17) is 0 Å². The highest BCUT2D eigenvalue weighted by Gasteiger charge is 2.41. The Balaban J connectivity index is 1.70. The summed E-state index contributed by atoms with van der Waals surface area (Å²) >= 11 is 0. The van der Waals surface area contributed by atoms with E-state index in [1.165, 1.54) is 27.3 Å². The molecule has 3 nitrogen and oxygen atoms in total. The monoisotopic (exact) mass is 392 g/mol. The van der Waals surface area contributed by atoms with Crippen molar-refractivity contribution in [3.63, 3.8) is 0 Å². The number of anilines is 1. The van der Waals surface area contributed by atoms with Gasteiger partial charge in [-0.25, -0.2) is 0 Å². The highest BCUT2D eigenvalue weighted by atomic mass is 16.1. The predicted molar refractivity (Wildman–Crippen MR) is 123 cm³/mol. The highest BCUT2D eigenvalue weighted by Crippen LogP contribution is 2.51. The Kier molecular flexibility index (Phi) is 3.55. The van der Waals surface area contributed by atoms with Crippen LogP contribution in [0, 0.1) is 5.41 Å². The molecule has 0 fully saturated rings. The Morgan fingerprint density at radius 1 is 0.900 bits per heavy atom. The van der Waals surface area contributed by atoms with E-state index < -0.39 is 0 Å². The standard InChI is InChI=1S/C27H24N2O/c1-27(2)13-22-26(23(30)14-27)25(19-15-28-20-10-6-5-9-18(19)20)24-17-8-4-3-7-16(17)11-12-21(24)29-22/h3-12,15,25,28-29H,13-14H2,1-2H3. The summed E-state index contributed by atoms with van der Waals surface area (Å²) in [6, 6.07) is 21.2. The van der Waals surface area contributed by atoms with E-state index >= 15 is 0 Å². The summed E-state index contributed by atoms with van der Waals surface area (Å²) < 4.78 is 0. The zero-order valence-electron chi connectivity index (χ0n) is 17.3. The first-order valence-corrected chi connectivity index (χ1v) is 10.6. The van der Waals surface area contributed by atoms with E-state index in [2.05, 4.69) is 84.9 Å². The van der Waals surface area contributed by atoms with Crippen LogP contribution in [0.5, 0.6) is 0 Å². The van der Waals surface area contributed by atoms with Crippen molar-refractivity contribution >= 4 is 33.1 Å². The topological polar surface area (TPSA) is 44.9 Å². The first kappa shape index (κ1) is 17.5. The van der Waals surface area contributed by atoms with Crippen LogP contribution in [0.25, 0.3) is 21.7 Å². The minimum atomic E-state index is -0.0675. The number of carbonyl (C=O) groups excluding carboxylic acids is 1. The van der Waals surface area contributed by atoms with Gasteiger partial charge in [0.25, 0.3) is 0 Å². The molecule has 2 heterocycles. The molecule has 0 bridgehead atoms. The minimum absolute atomic E-state index is 0.0258. The van der Waals surface area contributed by atoms with Crippen molar-refractivity contribution in [2.24, 2.45) is 5.41 Å². The van der Waals surface area contributed by atoms with E-state index in [0.717, 1.165) is 28.9 Å². The second-order valence-corrected chi connectivity index (χ2v) is 9.43. The number of benzene rings is 3. The van der Waals surface area contributed by atoms with Crippen molar-refractivity contribution < 1.29 is 4.79 Å². The van der Waals surface area contributed by atoms with Crippen molar-refractivity contribution in [1.82, 2.24) is 4.98 Å². The van der Waals surface area contributed by atoms with Crippen LogP contribution in [0.15, 0.2) is 78.1 Å². The lowest BCUT2D eigenvalue weighted by molar-refractivity contribution is -0.118. The van der Waals surface area contributed by atoms with Crippen molar-refractivity contribution in [2.75, 3.05) is 5.32 Å². The summed E-state index contributed by atoms with van der Waals surface area (Å²) in [6.07, 6.45) is 3.58. The average Bonchev–Trinajstić information content (AvgIpc) is 3.15. The number of fused-ring (bicyclic) bond motifs is 4. The number of para-hydroxylation sites is 1. The maximum Gasteiger partial charge on any atom is 0.162 e. The molecule has 6 rings (SSSR count). The van der Waals surface area contributed by atoms with Gasteiger partial charge in [0, 0.05) is 46.4 Å². The largest absolute Gasteiger partial charge is 0.361 e. The normalized spacial score (nSPS) is 20.2.